The van der Waals surface area contributed by atoms with Gasteiger partial charge in [0, 0.05) is 31.9 Å². The van der Waals surface area contributed by atoms with Gasteiger partial charge >= 0.3 is 0 Å². The molecule has 2 aromatic rings. The highest BCUT2D eigenvalue weighted by Crippen LogP contribution is 2.34. The molecular weight excluding hydrogens is 320 g/mol. The van der Waals surface area contributed by atoms with Crippen LogP contribution in [0.2, 0.25) is 0 Å². The Hall–Kier alpha value is -2.26. The number of benzene rings is 2. The van der Waals surface area contributed by atoms with Crippen molar-refractivity contribution in [3.63, 3.8) is 0 Å². The van der Waals surface area contributed by atoms with Gasteiger partial charge in [-0.05, 0) is 53.5 Å². The molecule has 2 aromatic carbocycles. The molecule has 0 atom stereocenters. The molecule has 1 heterocycles. The van der Waals surface area contributed by atoms with Crippen LogP contribution in [0, 0.1) is 5.92 Å². The smallest absolute Gasteiger partial charge is 0.122 e. The van der Waals surface area contributed by atoms with Crippen molar-refractivity contribution < 1.29 is 4.74 Å². The molecule has 0 saturated heterocycles. The molecule has 1 aliphatic heterocycles. The number of ether oxygens (including phenoxy) is 1. The van der Waals surface area contributed by atoms with Crippen LogP contribution in [-0.4, -0.2) is 18.6 Å². The molecule has 0 amide bonds. The predicted molar refractivity (Wildman–Crippen MR) is 106 cm³/mol. The quantitative estimate of drug-likeness (QED) is 0.809. The van der Waals surface area contributed by atoms with Crippen LogP contribution in [0.25, 0.3) is 0 Å². The van der Waals surface area contributed by atoms with Gasteiger partial charge in [0.25, 0.3) is 0 Å². The van der Waals surface area contributed by atoms with E-state index in [1.165, 1.54) is 40.8 Å². The van der Waals surface area contributed by atoms with Crippen molar-refractivity contribution >= 4 is 0 Å². The minimum absolute atomic E-state index is 0.717. The summed E-state index contributed by atoms with van der Waals surface area (Å²) in [5.74, 6) is 1.75. The third kappa shape index (κ3) is 3.94. The zero-order chi connectivity index (χ0) is 17.9. The first-order valence-corrected chi connectivity index (χ1v) is 9.60. The average molecular weight is 348 g/mol. The van der Waals surface area contributed by atoms with E-state index in [0.29, 0.717) is 0 Å². The Balaban J connectivity index is 1.33. The lowest BCUT2D eigenvalue weighted by atomic mass is 9.98. The molecular formula is C23H28N2O. The second kappa shape index (κ2) is 7.55. The molecule has 1 aliphatic carbocycles. The van der Waals surface area contributed by atoms with Crippen molar-refractivity contribution in [3.05, 3.63) is 77.0 Å². The van der Waals surface area contributed by atoms with E-state index in [1.807, 2.05) is 0 Å². The number of allylic oxidation sites excluding steroid dienone is 1. The fourth-order valence-electron chi connectivity index (χ4n) is 3.77. The zero-order valence-electron chi connectivity index (χ0n) is 15.6. The number of methoxy groups -OCH3 is 1. The Morgan fingerprint density at radius 3 is 2.65 bits per heavy atom. The van der Waals surface area contributed by atoms with Crippen LogP contribution in [0.15, 0.2) is 54.7 Å². The number of nitrogens with zero attached hydrogens (tertiary/aromatic N) is 1. The first-order chi connectivity index (χ1) is 12.7. The van der Waals surface area contributed by atoms with Crippen molar-refractivity contribution in [3.8, 4) is 5.75 Å². The van der Waals surface area contributed by atoms with Crippen LogP contribution >= 0.6 is 0 Å². The van der Waals surface area contributed by atoms with Gasteiger partial charge in [0.2, 0.25) is 0 Å². The molecule has 4 rings (SSSR count). The summed E-state index contributed by atoms with van der Waals surface area (Å²) < 4.78 is 5.51. The summed E-state index contributed by atoms with van der Waals surface area (Å²) in [4.78, 5) is 2.52. The molecule has 0 radical (unpaired) electrons. The van der Waals surface area contributed by atoms with E-state index < -0.39 is 0 Å². The molecule has 0 bridgehead atoms. The minimum Gasteiger partial charge on any atom is -0.496 e. The maximum atomic E-state index is 5.51. The highest BCUT2D eigenvalue weighted by molar-refractivity contribution is 5.41. The van der Waals surface area contributed by atoms with Crippen LogP contribution < -0.4 is 10.1 Å². The van der Waals surface area contributed by atoms with Gasteiger partial charge in [-0.15, -0.1) is 0 Å². The molecule has 2 aliphatic rings. The lowest BCUT2D eigenvalue weighted by molar-refractivity contribution is 0.242. The molecule has 0 unspecified atom stereocenters. The van der Waals surface area contributed by atoms with Crippen molar-refractivity contribution in [2.24, 2.45) is 5.92 Å². The third-order valence-corrected chi connectivity index (χ3v) is 5.54. The molecule has 1 fully saturated rings. The van der Waals surface area contributed by atoms with Crippen molar-refractivity contribution in [2.45, 2.75) is 38.9 Å². The third-order valence-electron chi connectivity index (χ3n) is 5.54. The second-order valence-electron chi connectivity index (χ2n) is 7.53. The zero-order valence-corrected chi connectivity index (χ0v) is 15.6. The lowest BCUT2D eigenvalue weighted by Crippen LogP contribution is -2.30. The molecule has 0 aromatic heterocycles. The summed E-state index contributed by atoms with van der Waals surface area (Å²) in [6.07, 6.45) is 3.66. The summed E-state index contributed by atoms with van der Waals surface area (Å²) in [7, 11) is 1.76. The molecule has 136 valence electrons. The van der Waals surface area contributed by atoms with E-state index in [9.17, 15) is 0 Å². The van der Waals surface area contributed by atoms with Crippen LogP contribution in [0.5, 0.6) is 5.75 Å². The van der Waals surface area contributed by atoms with Gasteiger partial charge in [0.1, 0.15) is 5.75 Å². The van der Waals surface area contributed by atoms with E-state index in [0.717, 1.165) is 44.3 Å². The average Bonchev–Trinajstić information content (AvgIpc) is 3.52. The Kier molecular flexibility index (Phi) is 4.98. The first-order valence-electron chi connectivity index (χ1n) is 9.60. The molecule has 0 spiro atoms. The predicted octanol–water partition coefficient (Wildman–Crippen LogP) is 4.27. The lowest BCUT2D eigenvalue weighted by Gasteiger charge is -2.29. The monoisotopic (exact) mass is 348 g/mol. The van der Waals surface area contributed by atoms with Gasteiger partial charge < -0.3 is 10.1 Å². The van der Waals surface area contributed by atoms with Crippen LogP contribution in [0.1, 0.15) is 35.1 Å². The van der Waals surface area contributed by atoms with Gasteiger partial charge in [0.05, 0.1) is 7.11 Å². The van der Waals surface area contributed by atoms with E-state index in [-0.39, 0.29) is 0 Å². The molecule has 3 heteroatoms. The Morgan fingerprint density at radius 1 is 1.15 bits per heavy atom. The number of nitrogens with one attached hydrogen (secondary N) is 1. The molecule has 1 saturated carbocycles. The first kappa shape index (κ1) is 17.2. The number of rotatable bonds is 7. The fourth-order valence-corrected chi connectivity index (χ4v) is 3.77. The Labute approximate surface area is 156 Å². The minimum atomic E-state index is 0.717. The highest BCUT2D eigenvalue weighted by Gasteiger charge is 2.24. The van der Waals surface area contributed by atoms with Gasteiger partial charge in [-0.3, -0.25) is 4.90 Å². The molecule has 3 nitrogen and oxygen atoms in total. The van der Waals surface area contributed by atoms with Crippen molar-refractivity contribution in [1.29, 1.82) is 0 Å². The van der Waals surface area contributed by atoms with E-state index in [1.54, 1.807) is 7.11 Å². The van der Waals surface area contributed by atoms with Gasteiger partial charge in [0.15, 0.2) is 0 Å². The molecule has 1 N–H and O–H groups in total. The van der Waals surface area contributed by atoms with E-state index in [4.69, 9.17) is 4.74 Å². The van der Waals surface area contributed by atoms with Crippen LogP contribution in [0.3, 0.4) is 0 Å². The molecule has 26 heavy (non-hydrogen) atoms. The number of hydrogen-bond acceptors (Lipinski definition) is 3. The van der Waals surface area contributed by atoms with E-state index >= 15 is 0 Å². The number of fused-ring (bicyclic) bond motifs is 1. The Morgan fingerprint density at radius 2 is 1.92 bits per heavy atom. The normalized spacial score (nSPS) is 16.8. The Bertz CT molecular complexity index is 777. The van der Waals surface area contributed by atoms with Crippen LogP contribution in [-0.2, 0) is 26.1 Å². The highest BCUT2D eigenvalue weighted by atomic mass is 16.5. The summed E-state index contributed by atoms with van der Waals surface area (Å²) in [6.45, 7) is 8.09. The van der Waals surface area contributed by atoms with E-state index in [2.05, 4.69) is 59.3 Å². The SMILES string of the molecule is C=C(NCc1ccc(CN2CCc3c(cccc3OC)C2)cc1)C1CC1. The van der Waals surface area contributed by atoms with Crippen LogP contribution in [0.4, 0.5) is 0 Å². The standard InChI is InChI=1S/C23H28N2O/c1-17(20-10-11-20)24-14-18-6-8-19(9-7-18)15-25-13-12-22-21(16-25)4-3-5-23(22)26-2/h3-9,20,24H,1,10-16H2,2H3. The second-order valence-corrected chi connectivity index (χ2v) is 7.53. The topological polar surface area (TPSA) is 24.5 Å². The summed E-state index contributed by atoms with van der Waals surface area (Å²) in [5, 5.41) is 3.47. The maximum absolute atomic E-state index is 5.51. The van der Waals surface area contributed by atoms with Crippen molar-refractivity contribution in [1.82, 2.24) is 10.2 Å². The van der Waals surface area contributed by atoms with Crippen molar-refractivity contribution in [2.75, 3.05) is 13.7 Å². The number of hydrogen-bond donors (Lipinski definition) is 1. The largest absolute Gasteiger partial charge is 0.496 e. The van der Waals surface area contributed by atoms with Gasteiger partial charge in [-0.2, -0.15) is 0 Å². The van der Waals surface area contributed by atoms with Gasteiger partial charge in [-0.1, -0.05) is 43.0 Å². The summed E-state index contributed by atoms with van der Waals surface area (Å²) in [6, 6.07) is 15.4. The van der Waals surface area contributed by atoms with Gasteiger partial charge in [-0.25, -0.2) is 0 Å². The maximum Gasteiger partial charge on any atom is 0.122 e. The summed E-state index contributed by atoms with van der Waals surface area (Å²) in [5.41, 5.74) is 6.68. The summed E-state index contributed by atoms with van der Waals surface area (Å²) >= 11 is 0. The fraction of sp³-hybridized carbons (Fsp3) is 0.391.